The first kappa shape index (κ1) is 24.7. The van der Waals surface area contributed by atoms with Gasteiger partial charge in [-0.3, -0.25) is 4.99 Å². The van der Waals surface area contributed by atoms with E-state index in [0.29, 0.717) is 30.5 Å². The Hall–Kier alpha value is -2.30. The second kappa shape index (κ2) is 12.3. The van der Waals surface area contributed by atoms with Crippen molar-refractivity contribution < 1.29 is 23.0 Å². The fourth-order valence-electron chi connectivity index (χ4n) is 2.78. The van der Waals surface area contributed by atoms with Crippen LogP contribution in [0.15, 0.2) is 47.5 Å². The molecule has 2 aromatic rings. The number of guanidine groups is 1. The van der Waals surface area contributed by atoms with Gasteiger partial charge in [0.1, 0.15) is 5.75 Å². The highest BCUT2D eigenvalue weighted by molar-refractivity contribution is 14.0. The zero-order valence-electron chi connectivity index (χ0n) is 16.8. The van der Waals surface area contributed by atoms with Gasteiger partial charge in [-0.25, -0.2) is 0 Å². The number of rotatable bonds is 8. The number of halogens is 3. The van der Waals surface area contributed by atoms with E-state index in [2.05, 4.69) is 15.0 Å². The van der Waals surface area contributed by atoms with E-state index in [9.17, 15) is 8.78 Å². The fourth-order valence-corrected chi connectivity index (χ4v) is 2.78. The van der Waals surface area contributed by atoms with E-state index in [1.807, 2.05) is 30.1 Å². The van der Waals surface area contributed by atoms with Crippen LogP contribution >= 0.6 is 24.0 Å². The van der Waals surface area contributed by atoms with E-state index in [-0.39, 0.29) is 29.7 Å². The average Bonchev–Trinajstić information content (AvgIpc) is 2.69. The Morgan fingerprint density at radius 2 is 1.79 bits per heavy atom. The Kier molecular flexibility index (Phi) is 10.5. The molecule has 0 heterocycles. The smallest absolute Gasteiger partial charge is 0.387 e. The number of ether oxygens (including phenoxy) is 3. The van der Waals surface area contributed by atoms with Gasteiger partial charge in [-0.05, 0) is 23.8 Å². The highest BCUT2D eigenvalue weighted by atomic mass is 127. The zero-order chi connectivity index (χ0) is 20.5. The van der Waals surface area contributed by atoms with Gasteiger partial charge in [0, 0.05) is 32.7 Å². The summed E-state index contributed by atoms with van der Waals surface area (Å²) >= 11 is 0. The van der Waals surface area contributed by atoms with Crippen LogP contribution in [0.5, 0.6) is 17.2 Å². The second-order valence-electron chi connectivity index (χ2n) is 5.93. The Morgan fingerprint density at radius 1 is 1.10 bits per heavy atom. The molecule has 2 rings (SSSR count). The van der Waals surface area contributed by atoms with Crippen molar-refractivity contribution in [3.05, 3.63) is 53.6 Å². The number of para-hydroxylation sites is 1. The Labute approximate surface area is 186 Å². The molecule has 2 aromatic carbocycles. The van der Waals surface area contributed by atoms with Crippen LogP contribution in [-0.2, 0) is 13.1 Å². The van der Waals surface area contributed by atoms with Gasteiger partial charge >= 0.3 is 6.61 Å². The van der Waals surface area contributed by atoms with E-state index in [4.69, 9.17) is 9.47 Å². The van der Waals surface area contributed by atoms with Gasteiger partial charge in [-0.15, -0.1) is 24.0 Å². The minimum absolute atomic E-state index is 0. The molecule has 0 radical (unpaired) electrons. The molecule has 0 aromatic heterocycles. The molecular formula is C20H26F2IN3O3. The predicted octanol–water partition coefficient (Wildman–Crippen LogP) is 4.13. The molecule has 6 nitrogen and oxygen atoms in total. The molecule has 0 bridgehead atoms. The number of methoxy groups -OCH3 is 2. The molecule has 1 N–H and O–H groups in total. The van der Waals surface area contributed by atoms with E-state index < -0.39 is 6.61 Å². The molecule has 9 heteroatoms. The van der Waals surface area contributed by atoms with Crippen molar-refractivity contribution in [1.29, 1.82) is 0 Å². The van der Waals surface area contributed by atoms with Crippen molar-refractivity contribution in [3.63, 3.8) is 0 Å². The van der Waals surface area contributed by atoms with Crippen LogP contribution in [0.3, 0.4) is 0 Å². The highest BCUT2D eigenvalue weighted by Crippen LogP contribution is 2.30. The summed E-state index contributed by atoms with van der Waals surface area (Å²) in [6.45, 7) is -1.78. The van der Waals surface area contributed by atoms with Crippen LogP contribution < -0.4 is 19.5 Å². The van der Waals surface area contributed by atoms with Gasteiger partial charge in [-0.1, -0.05) is 24.3 Å². The maximum absolute atomic E-state index is 12.2. The molecule has 0 aliphatic rings. The first-order valence-corrected chi connectivity index (χ1v) is 8.63. The number of alkyl halides is 2. The van der Waals surface area contributed by atoms with Crippen molar-refractivity contribution in [3.8, 4) is 17.2 Å². The molecule has 0 saturated carbocycles. The monoisotopic (exact) mass is 521 g/mol. The Balaban J connectivity index is 0.00000420. The number of hydrogen-bond acceptors (Lipinski definition) is 4. The lowest BCUT2D eigenvalue weighted by atomic mass is 10.2. The summed E-state index contributed by atoms with van der Waals surface area (Å²) in [4.78, 5) is 6.22. The summed E-state index contributed by atoms with van der Waals surface area (Å²) in [5.41, 5.74) is 1.87. The molecule has 0 unspecified atom stereocenters. The van der Waals surface area contributed by atoms with Gasteiger partial charge < -0.3 is 24.4 Å². The molecule has 160 valence electrons. The van der Waals surface area contributed by atoms with E-state index in [0.717, 1.165) is 11.1 Å². The predicted molar refractivity (Wildman–Crippen MR) is 120 cm³/mol. The third kappa shape index (κ3) is 7.22. The first-order valence-electron chi connectivity index (χ1n) is 8.63. The molecule has 0 spiro atoms. The van der Waals surface area contributed by atoms with Crippen LogP contribution in [0, 0.1) is 0 Å². The standard InChI is InChI=1S/C20H25F2N3O3.HI/c1-23-20(24-12-15-6-5-7-17(26-3)18(15)27-4)25(2)13-14-8-10-16(11-9-14)28-19(21)22;/h5-11,19H,12-13H2,1-4H3,(H,23,24);1H. The van der Waals surface area contributed by atoms with Crippen molar-refractivity contribution in [2.75, 3.05) is 28.3 Å². The number of benzene rings is 2. The van der Waals surface area contributed by atoms with Crippen LogP contribution in [0.25, 0.3) is 0 Å². The normalized spacial score (nSPS) is 10.9. The lowest BCUT2D eigenvalue weighted by molar-refractivity contribution is -0.0498. The van der Waals surface area contributed by atoms with Gasteiger partial charge in [0.05, 0.1) is 14.2 Å². The number of nitrogens with zero attached hydrogens (tertiary/aromatic N) is 2. The fraction of sp³-hybridized carbons (Fsp3) is 0.350. The van der Waals surface area contributed by atoms with Crippen LogP contribution in [-0.4, -0.2) is 45.8 Å². The summed E-state index contributed by atoms with van der Waals surface area (Å²) in [6, 6.07) is 12.2. The topological polar surface area (TPSA) is 55.3 Å². The summed E-state index contributed by atoms with van der Waals surface area (Å²) in [7, 11) is 6.78. The largest absolute Gasteiger partial charge is 0.493 e. The number of hydrogen-bond donors (Lipinski definition) is 1. The van der Waals surface area contributed by atoms with Gasteiger partial charge in [-0.2, -0.15) is 8.78 Å². The zero-order valence-corrected chi connectivity index (χ0v) is 19.1. The lowest BCUT2D eigenvalue weighted by Crippen LogP contribution is -2.38. The SMILES string of the molecule is CN=C(NCc1cccc(OC)c1OC)N(C)Cc1ccc(OC(F)F)cc1.I. The van der Waals surface area contributed by atoms with E-state index in [1.54, 1.807) is 33.4 Å². The quantitative estimate of drug-likeness (QED) is 0.322. The van der Waals surface area contributed by atoms with Crippen LogP contribution in [0.2, 0.25) is 0 Å². The Morgan fingerprint density at radius 3 is 2.34 bits per heavy atom. The van der Waals surface area contributed by atoms with E-state index >= 15 is 0 Å². The molecule has 29 heavy (non-hydrogen) atoms. The molecule has 0 atom stereocenters. The van der Waals surface area contributed by atoms with Gasteiger partial charge in [0.25, 0.3) is 0 Å². The molecule has 0 aliphatic heterocycles. The number of aliphatic imine (C=N–C) groups is 1. The average molecular weight is 521 g/mol. The van der Waals surface area contributed by atoms with Crippen molar-refractivity contribution in [2.45, 2.75) is 19.7 Å². The van der Waals surface area contributed by atoms with Crippen molar-refractivity contribution in [1.82, 2.24) is 10.2 Å². The highest BCUT2D eigenvalue weighted by Gasteiger charge is 2.12. The van der Waals surface area contributed by atoms with Crippen LogP contribution in [0.4, 0.5) is 8.78 Å². The molecule has 0 aliphatic carbocycles. The summed E-state index contributed by atoms with van der Waals surface area (Å²) in [6.07, 6.45) is 0. The summed E-state index contributed by atoms with van der Waals surface area (Å²) in [5, 5.41) is 3.29. The minimum atomic E-state index is -2.83. The van der Waals surface area contributed by atoms with E-state index in [1.165, 1.54) is 12.1 Å². The van der Waals surface area contributed by atoms with Crippen LogP contribution in [0.1, 0.15) is 11.1 Å². The molecule has 0 saturated heterocycles. The summed E-state index contributed by atoms with van der Waals surface area (Å²) in [5.74, 6) is 2.15. The minimum Gasteiger partial charge on any atom is -0.493 e. The maximum Gasteiger partial charge on any atom is 0.387 e. The Bertz CT molecular complexity index is 789. The first-order chi connectivity index (χ1) is 13.5. The summed E-state index contributed by atoms with van der Waals surface area (Å²) < 4.78 is 39.6. The maximum atomic E-state index is 12.2. The number of nitrogens with one attached hydrogen (secondary N) is 1. The second-order valence-corrected chi connectivity index (χ2v) is 5.93. The molecule has 0 fully saturated rings. The lowest BCUT2D eigenvalue weighted by Gasteiger charge is -2.23. The van der Waals surface area contributed by atoms with Gasteiger partial charge in [0.15, 0.2) is 17.5 Å². The molecular weight excluding hydrogens is 495 g/mol. The third-order valence-electron chi connectivity index (χ3n) is 4.06. The van der Waals surface area contributed by atoms with Crippen molar-refractivity contribution >= 4 is 29.9 Å². The van der Waals surface area contributed by atoms with Crippen molar-refractivity contribution in [2.24, 2.45) is 4.99 Å². The van der Waals surface area contributed by atoms with Gasteiger partial charge in [0.2, 0.25) is 0 Å². The third-order valence-corrected chi connectivity index (χ3v) is 4.06. The molecule has 0 amide bonds.